The van der Waals surface area contributed by atoms with Crippen LogP contribution in [0.5, 0.6) is 0 Å². The van der Waals surface area contributed by atoms with Gasteiger partial charge in [-0.05, 0) is 19.4 Å². The number of azide groups is 1. The zero-order valence-corrected chi connectivity index (χ0v) is 10.5. The highest BCUT2D eigenvalue weighted by molar-refractivity contribution is 5.81. The summed E-state index contributed by atoms with van der Waals surface area (Å²) in [5, 5.41) is 5.57. The van der Waals surface area contributed by atoms with E-state index in [1.807, 2.05) is 0 Å². The Bertz CT molecular complexity index is 368. The molecule has 2 unspecified atom stereocenters. The van der Waals surface area contributed by atoms with Gasteiger partial charge in [0.1, 0.15) is 13.3 Å². The summed E-state index contributed by atoms with van der Waals surface area (Å²) < 4.78 is 14.1. The van der Waals surface area contributed by atoms with Crippen molar-refractivity contribution in [1.29, 1.82) is 0 Å². The minimum atomic E-state index is -1.18. The zero-order chi connectivity index (χ0) is 14.7. The van der Waals surface area contributed by atoms with Crippen LogP contribution in [0.1, 0.15) is 13.8 Å². The van der Waals surface area contributed by atoms with Crippen molar-refractivity contribution in [3.05, 3.63) is 15.3 Å². The van der Waals surface area contributed by atoms with Gasteiger partial charge in [-0.15, -0.1) is 4.91 Å². The van der Waals surface area contributed by atoms with Crippen LogP contribution in [0.25, 0.3) is 10.4 Å². The number of rotatable bonds is 9. The predicted octanol–water partition coefficient (Wildman–Crippen LogP) is 0.901. The van der Waals surface area contributed by atoms with Crippen LogP contribution in [-0.4, -0.2) is 44.0 Å². The highest BCUT2D eigenvalue weighted by atomic mass is 16.6. The van der Waals surface area contributed by atoms with Gasteiger partial charge < -0.3 is 14.2 Å². The van der Waals surface area contributed by atoms with E-state index < -0.39 is 24.1 Å². The molecular weight excluding hydrogens is 260 g/mol. The summed E-state index contributed by atoms with van der Waals surface area (Å²) in [5.41, 5.74) is 7.95. The monoisotopic (exact) mass is 274 g/mol. The fourth-order valence-electron chi connectivity index (χ4n) is 0.814. The van der Waals surface area contributed by atoms with E-state index in [4.69, 9.17) is 15.0 Å². The topological polar surface area (TPSA) is 140 Å². The minimum absolute atomic E-state index is 0.0394. The molecule has 10 nitrogen and oxygen atoms in total. The minimum Gasteiger partial charge on any atom is -0.461 e. The molecule has 0 saturated carbocycles. The van der Waals surface area contributed by atoms with Crippen molar-refractivity contribution in [3.63, 3.8) is 0 Å². The summed E-state index contributed by atoms with van der Waals surface area (Å²) in [6.07, 6.45) is -1.14. The summed E-state index contributed by atoms with van der Waals surface area (Å²) in [7, 11) is 0. The lowest BCUT2D eigenvalue weighted by molar-refractivity contribution is -0.167. The maximum Gasteiger partial charge on any atom is 0.347 e. The first-order valence-electron chi connectivity index (χ1n) is 5.31. The number of nitrogens with zero attached hydrogens (tertiary/aromatic N) is 4. The number of hydrogen-bond acceptors (Lipinski definition) is 8. The van der Waals surface area contributed by atoms with Crippen LogP contribution < -0.4 is 0 Å². The van der Waals surface area contributed by atoms with Crippen molar-refractivity contribution in [2.75, 3.05) is 19.9 Å². The average Bonchev–Trinajstić information content (AvgIpc) is 2.41. The van der Waals surface area contributed by atoms with Gasteiger partial charge in [0.25, 0.3) is 0 Å². The molecule has 0 fully saturated rings. The third kappa shape index (κ3) is 7.68. The Hall–Kier alpha value is -2.19. The van der Waals surface area contributed by atoms with Crippen LogP contribution in [0.3, 0.4) is 0 Å². The van der Waals surface area contributed by atoms with Crippen LogP contribution in [0.4, 0.5) is 0 Å². The predicted molar refractivity (Wildman–Crippen MR) is 61.7 cm³/mol. The largest absolute Gasteiger partial charge is 0.461 e. The van der Waals surface area contributed by atoms with Crippen LogP contribution in [0.15, 0.2) is 10.3 Å². The molecule has 0 aliphatic rings. The van der Waals surface area contributed by atoms with Gasteiger partial charge in [0, 0.05) is 4.91 Å². The van der Waals surface area contributed by atoms with Gasteiger partial charge in [-0.3, -0.25) is 0 Å². The van der Waals surface area contributed by atoms with E-state index in [-0.39, 0.29) is 19.9 Å². The molecule has 0 aromatic rings. The van der Waals surface area contributed by atoms with Crippen molar-refractivity contribution in [1.82, 2.24) is 0 Å². The fourth-order valence-corrected chi connectivity index (χ4v) is 0.814. The molecule has 0 bridgehead atoms. The maximum atomic E-state index is 11.3. The lowest BCUT2D eigenvalue weighted by Gasteiger charge is -2.13. The molecule has 2 atom stereocenters. The highest BCUT2D eigenvalue weighted by Gasteiger charge is 2.23. The summed E-state index contributed by atoms with van der Waals surface area (Å²) >= 11 is 0. The second kappa shape index (κ2) is 9.80. The maximum absolute atomic E-state index is 11.3. The normalized spacial score (nSPS) is 12.7. The first kappa shape index (κ1) is 16.8. The van der Waals surface area contributed by atoms with Crippen LogP contribution >= 0.6 is 0 Å². The molecule has 19 heavy (non-hydrogen) atoms. The van der Waals surface area contributed by atoms with E-state index in [0.717, 1.165) is 0 Å². The number of esters is 2. The lowest BCUT2D eigenvalue weighted by atomic mass is 10.3. The molecule has 0 amide bonds. The summed E-state index contributed by atoms with van der Waals surface area (Å²) in [5.74, 6) is -1.68. The van der Waals surface area contributed by atoms with E-state index in [0.29, 0.717) is 0 Å². The van der Waals surface area contributed by atoms with Gasteiger partial charge in [-0.25, -0.2) is 9.59 Å². The number of carbonyl (C=O) groups excluding carboxylic acids is 2. The molecule has 106 valence electrons. The Balaban J connectivity index is 3.84. The van der Waals surface area contributed by atoms with Crippen molar-refractivity contribution in [3.8, 4) is 0 Å². The van der Waals surface area contributed by atoms with Crippen molar-refractivity contribution in [2.45, 2.75) is 26.0 Å². The summed E-state index contributed by atoms with van der Waals surface area (Å²) in [4.78, 5) is 35.0. The second-order valence-corrected chi connectivity index (χ2v) is 3.30. The van der Waals surface area contributed by atoms with Gasteiger partial charge in [0.15, 0.2) is 12.1 Å². The van der Waals surface area contributed by atoms with E-state index in [1.165, 1.54) is 13.8 Å². The number of carbonyl (C=O) groups is 2. The fraction of sp³-hybridized carbons (Fsp3) is 0.778. The Morgan fingerprint density at radius 3 is 2.53 bits per heavy atom. The van der Waals surface area contributed by atoms with E-state index in [2.05, 4.69) is 19.9 Å². The van der Waals surface area contributed by atoms with Crippen molar-refractivity contribution in [2.24, 2.45) is 10.3 Å². The quantitative estimate of drug-likeness (QED) is 0.153. The molecular formula is C9H14N4O6. The molecule has 0 spiro atoms. The van der Waals surface area contributed by atoms with Crippen molar-refractivity contribution >= 4 is 11.9 Å². The summed E-state index contributed by atoms with van der Waals surface area (Å²) in [6, 6.07) is -1.18. The Kier molecular flexibility index (Phi) is 8.67. The third-order valence-corrected chi connectivity index (χ3v) is 1.81. The molecule has 10 heteroatoms. The van der Waals surface area contributed by atoms with Gasteiger partial charge in [0.05, 0.1) is 6.61 Å². The lowest BCUT2D eigenvalue weighted by Crippen LogP contribution is -2.30. The number of nitroso groups, excluding NO2 is 1. The third-order valence-electron chi connectivity index (χ3n) is 1.81. The molecule has 0 aliphatic carbocycles. The van der Waals surface area contributed by atoms with Gasteiger partial charge in [0.2, 0.25) is 0 Å². The van der Waals surface area contributed by atoms with Gasteiger partial charge >= 0.3 is 11.9 Å². The SMILES string of the molecule is CC(N=O)C(=O)OC(C)C(=O)OCCOCN=[N+]=[N-]. The average molecular weight is 274 g/mol. The number of hydrogen-bond donors (Lipinski definition) is 0. The molecule has 0 aromatic heterocycles. The molecule has 0 aromatic carbocycles. The van der Waals surface area contributed by atoms with Crippen LogP contribution in [0.2, 0.25) is 0 Å². The van der Waals surface area contributed by atoms with Crippen molar-refractivity contribution < 1.29 is 23.8 Å². The molecule has 0 radical (unpaired) electrons. The first-order valence-corrected chi connectivity index (χ1v) is 5.31. The van der Waals surface area contributed by atoms with E-state index in [1.54, 1.807) is 0 Å². The Morgan fingerprint density at radius 2 is 1.95 bits per heavy atom. The highest BCUT2D eigenvalue weighted by Crippen LogP contribution is 2.00. The smallest absolute Gasteiger partial charge is 0.347 e. The van der Waals surface area contributed by atoms with Gasteiger partial charge in [-0.1, -0.05) is 10.3 Å². The van der Waals surface area contributed by atoms with E-state index >= 15 is 0 Å². The molecule has 0 saturated heterocycles. The molecule has 0 rings (SSSR count). The molecule has 0 aliphatic heterocycles. The Morgan fingerprint density at radius 1 is 1.26 bits per heavy atom. The van der Waals surface area contributed by atoms with E-state index in [9.17, 15) is 14.5 Å². The molecule has 0 heterocycles. The zero-order valence-electron chi connectivity index (χ0n) is 10.5. The van der Waals surface area contributed by atoms with Crippen LogP contribution in [-0.2, 0) is 23.8 Å². The van der Waals surface area contributed by atoms with Crippen LogP contribution in [0, 0.1) is 4.91 Å². The summed E-state index contributed by atoms with van der Waals surface area (Å²) in [6.45, 7) is 2.34. The Labute approximate surface area is 108 Å². The molecule has 0 N–H and O–H groups in total. The second-order valence-electron chi connectivity index (χ2n) is 3.30. The first-order chi connectivity index (χ1) is 9.02. The number of ether oxygens (including phenoxy) is 3. The standard InChI is InChI=1S/C9H14N4O6/c1-6(12-16)8(14)19-7(2)9(15)18-4-3-17-5-11-13-10/h6-7H,3-5H2,1-2H3. The van der Waals surface area contributed by atoms with Gasteiger partial charge in [-0.2, -0.15) is 0 Å².